The van der Waals surface area contributed by atoms with Crippen LogP contribution >= 0.6 is 38.9 Å². The smallest absolute Gasteiger partial charge is 0.0645 e. The molecule has 1 aromatic heterocycles. The number of halogens is 2. The summed E-state index contributed by atoms with van der Waals surface area (Å²) in [6, 6.07) is 9.66. The molecular formula is C11H7BrClNS. The van der Waals surface area contributed by atoms with Crippen molar-refractivity contribution in [2.24, 2.45) is 4.99 Å². The third-order valence-corrected chi connectivity index (χ3v) is 3.83. The second kappa shape index (κ2) is 4.92. The lowest BCUT2D eigenvalue weighted by atomic mass is 10.3. The number of hydrogen-bond acceptors (Lipinski definition) is 2. The van der Waals surface area contributed by atoms with E-state index in [1.165, 1.54) is 0 Å². The molecule has 2 rings (SSSR count). The van der Waals surface area contributed by atoms with E-state index >= 15 is 0 Å². The van der Waals surface area contributed by atoms with Crippen molar-refractivity contribution in [1.29, 1.82) is 0 Å². The van der Waals surface area contributed by atoms with E-state index in [9.17, 15) is 0 Å². The van der Waals surface area contributed by atoms with Crippen molar-refractivity contribution in [3.05, 3.63) is 50.1 Å². The van der Waals surface area contributed by atoms with E-state index in [2.05, 4.69) is 20.9 Å². The van der Waals surface area contributed by atoms with Gasteiger partial charge in [0.2, 0.25) is 0 Å². The molecule has 1 heterocycles. The van der Waals surface area contributed by atoms with Gasteiger partial charge in [-0.05, 0) is 45.6 Å². The second-order valence-corrected chi connectivity index (χ2v) is 5.11. The van der Waals surface area contributed by atoms with E-state index in [4.69, 9.17) is 11.6 Å². The number of benzene rings is 1. The molecule has 0 aliphatic rings. The third kappa shape index (κ3) is 2.91. The lowest BCUT2D eigenvalue weighted by molar-refractivity contribution is 1.52. The summed E-state index contributed by atoms with van der Waals surface area (Å²) < 4.78 is 0.888. The van der Waals surface area contributed by atoms with Gasteiger partial charge in [0.1, 0.15) is 0 Å². The van der Waals surface area contributed by atoms with Gasteiger partial charge in [-0.2, -0.15) is 0 Å². The zero-order valence-electron chi connectivity index (χ0n) is 7.65. The Bertz CT molecular complexity index is 479. The summed E-state index contributed by atoms with van der Waals surface area (Å²) >= 11 is 11.0. The van der Waals surface area contributed by atoms with Gasteiger partial charge in [-0.15, -0.1) is 11.3 Å². The van der Waals surface area contributed by atoms with E-state index in [0.717, 1.165) is 15.0 Å². The molecule has 0 N–H and O–H groups in total. The Balaban J connectivity index is 2.21. The van der Waals surface area contributed by atoms with Crippen molar-refractivity contribution < 1.29 is 0 Å². The van der Waals surface area contributed by atoms with Crippen LogP contribution in [0.2, 0.25) is 5.02 Å². The Kier molecular flexibility index (Phi) is 3.57. The van der Waals surface area contributed by atoms with Crippen LogP contribution in [0.15, 0.2) is 45.2 Å². The van der Waals surface area contributed by atoms with Crippen LogP contribution in [0.1, 0.15) is 4.88 Å². The van der Waals surface area contributed by atoms with Crippen LogP contribution in [-0.4, -0.2) is 6.21 Å². The van der Waals surface area contributed by atoms with E-state index in [-0.39, 0.29) is 0 Å². The lowest BCUT2D eigenvalue weighted by Crippen LogP contribution is -1.73. The molecule has 0 amide bonds. The molecule has 0 aliphatic carbocycles. The maximum Gasteiger partial charge on any atom is 0.0645 e. The van der Waals surface area contributed by atoms with Crippen molar-refractivity contribution >= 4 is 50.8 Å². The summed E-state index contributed by atoms with van der Waals surface area (Å²) in [7, 11) is 0. The summed E-state index contributed by atoms with van der Waals surface area (Å²) in [5.74, 6) is 0. The molecule has 15 heavy (non-hydrogen) atoms. The van der Waals surface area contributed by atoms with Crippen LogP contribution in [0.3, 0.4) is 0 Å². The van der Waals surface area contributed by atoms with Crippen molar-refractivity contribution in [1.82, 2.24) is 0 Å². The van der Waals surface area contributed by atoms with Gasteiger partial charge in [-0.25, -0.2) is 0 Å². The predicted octanol–water partition coefficient (Wildman–Crippen LogP) is 4.91. The molecule has 0 aliphatic heterocycles. The van der Waals surface area contributed by atoms with Gasteiger partial charge in [0.05, 0.1) is 10.7 Å². The maximum absolute atomic E-state index is 5.96. The van der Waals surface area contributed by atoms with Crippen LogP contribution in [0.25, 0.3) is 0 Å². The zero-order chi connectivity index (χ0) is 10.7. The molecule has 1 aromatic carbocycles. The average molecular weight is 301 g/mol. The summed E-state index contributed by atoms with van der Waals surface area (Å²) in [4.78, 5) is 5.46. The summed E-state index contributed by atoms with van der Waals surface area (Å²) in [6.45, 7) is 0. The number of hydrogen-bond donors (Lipinski definition) is 0. The Morgan fingerprint density at radius 2 is 2.20 bits per heavy atom. The van der Waals surface area contributed by atoms with Crippen molar-refractivity contribution in [2.75, 3.05) is 0 Å². The molecule has 4 heteroatoms. The molecule has 0 spiro atoms. The summed E-state index contributed by atoms with van der Waals surface area (Å²) in [5, 5.41) is 2.70. The van der Waals surface area contributed by atoms with E-state index < -0.39 is 0 Å². The highest BCUT2D eigenvalue weighted by Gasteiger charge is 1.97. The molecule has 0 atom stereocenters. The SMILES string of the molecule is Clc1cc(N=Cc2cccs2)ccc1Br. The van der Waals surface area contributed by atoms with Crippen LogP contribution in [0.5, 0.6) is 0 Å². The molecule has 0 bridgehead atoms. The molecule has 0 saturated heterocycles. The minimum absolute atomic E-state index is 0.677. The number of nitrogens with zero attached hydrogens (tertiary/aromatic N) is 1. The number of aliphatic imine (C=N–C) groups is 1. The highest BCUT2D eigenvalue weighted by atomic mass is 79.9. The number of thiophene rings is 1. The highest BCUT2D eigenvalue weighted by molar-refractivity contribution is 9.10. The van der Waals surface area contributed by atoms with Crippen LogP contribution in [0.4, 0.5) is 5.69 Å². The highest BCUT2D eigenvalue weighted by Crippen LogP contribution is 2.26. The fourth-order valence-corrected chi connectivity index (χ4v) is 2.07. The first-order chi connectivity index (χ1) is 7.25. The van der Waals surface area contributed by atoms with Gasteiger partial charge >= 0.3 is 0 Å². The quantitative estimate of drug-likeness (QED) is 0.698. The van der Waals surface area contributed by atoms with Gasteiger partial charge in [0.15, 0.2) is 0 Å². The third-order valence-electron chi connectivity index (χ3n) is 1.79. The van der Waals surface area contributed by atoms with Gasteiger partial charge in [-0.1, -0.05) is 17.7 Å². The molecule has 0 saturated carbocycles. The Hall–Kier alpha value is -0.640. The molecule has 1 nitrogen and oxygen atoms in total. The average Bonchev–Trinajstić information content (AvgIpc) is 2.73. The maximum atomic E-state index is 5.96. The minimum atomic E-state index is 0.677. The van der Waals surface area contributed by atoms with Crippen molar-refractivity contribution in [2.45, 2.75) is 0 Å². The first-order valence-electron chi connectivity index (χ1n) is 4.28. The van der Waals surface area contributed by atoms with E-state index in [0.29, 0.717) is 5.02 Å². The molecule has 76 valence electrons. The Morgan fingerprint density at radius 1 is 1.33 bits per heavy atom. The summed E-state index contributed by atoms with van der Waals surface area (Å²) in [6.07, 6.45) is 1.84. The molecule has 0 fully saturated rings. The Morgan fingerprint density at radius 3 is 2.87 bits per heavy atom. The molecule has 0 unspecified atom stereocenters. The molecular weight excluding hydrogens is 294 g/mol. The van der Waals surface area contributed by atoms with Gasteiger partial charge in [0.25, 0.3) is 0 Å². The molecule has 2 aromatic rings. The largest absolute Gasteiger partial charge is 0.255 e. The van der Waals surface area contributed by atoms with Gasteiger partial charge in [0, 0.05) is 15.6 Å². The fraction of sp³-hybridized carbons (Fsp3) is 0. The van der Waals surface area contributed by atoms with Gasteiger partial charge in [-0.3, -0.25) is 4.99 Å². The number of rotatable bonds is 2. The van der Waals surface area contributed by atoms with E-state index in [1.54, 1.807) is 11.3 Å². The summed E-state index contributed by atoms with van der Waals surface area (Å²) in [5.41, 5.74) is 0.858. The van der Waals surface area contributed by atoms with Crippen LogP contribution in [0, 0.1) is 0 Å². The van der Waals surface area contributed by atoms with Crippen molar-refractivity contribution in [3.8, 4) is 0 Å². The fourth-order valence-electron chi connectivity index (χ4n) is 1.07. The first-order valence-corrected chi connectivity index (χ1v) is 6.33. The van der Waals surface area contributed by atoms with Crippen molar-refractivity contribution in [3.63, 3.8) is 0 Å². The molecule has 0 radical (unpaired) electrons. The van der Waals surface area contributed by atoms with Crippen LogP contribution in [-0.2, 0) is 0 Å². The standard InChI is InChI=1S/C11H7BrClNS/c12-10-4-3-8(6-11(10)13)14-7-9-2-1-5-15-9/h1-7H. The normalized spacial score (nSPS) is 11.1. The topological polar surface area (TPSA) is 12.4 Å². The monoisotopic (exact) mass is 299 g/mol. The first kappa shape index (κ1) is 10.9. The lowest BCUT2D eigenvalue weighted by Gasteiger charge is -1.96. The predicted molar refractivity (Wildman–Crippen MR) is 70.7 cm³/mol. The van der Waals surface area contributed by atoms with Crippen LogP contribution < -0.4 is 0 Å². The Labute approximate surface area is 106 Å². The van der Waals surface area contributed by atoms with Gasteiger partial charge < -0.3 is 0 Å². The second-order valence-electron chi connectivity index (χ2n) is 2.87. The minimum Gasteiger partial charge on any atom is -0.255 e. The zero-order valence-corrected chi connectivity index (χ0v) is 10.8. The van der Waals surface area contributed by atoms with E-state index in [1.807, 2.05) is 41.9 Å².